The fraction of sp³-hybridized carbons (Fsp3) is 0.250. The summed E-state index contributed by atoms with van der Waals surface area (Å²) in [6.07, 6.45) is 1.60. The second kappa shape index (κ2) is 6.61. The third-order valence-electron chi connectivity index (χ3n) is 3.03. The first-order valence-corrected chi connectivity index (χ1v) is 6.60. The third kappa shape index (κ3) is 3.35. The standard InChI is InChI=1S/C16H14F4O/c1-2-3-8-21-14-7-5-11(15(19)16(14)20)10-4-6-12(17)13(18)9-10/h4-7,9H,2-3,8H2,1H3. The minimum Gasteiger partial charge on any atom is -0.490 e. The van der Waals surface area contributed by atoms with E-state index in [1.807, 2.05) is 6.92 Å². The van der Waals surface area contributed by atoms with Crippen LogP contribution in [0.4, 0.5) is 17.6 Å². The molecule has 0 aliphatic heterocycles. The van der Waals surface area contributed by atoms with Crippen LogP contribution in [-0.4, -0.2) is 6.61 Å². The maximum Gasteiger partial charge on any atom is 0.201 e. The lowest BCUT2D eigenvalue weighted by Crippen LogP contribution is -2.01. The number of ether oxygens (including phenoxy) is 1. The normalized spacial score (nSPS) is 10.7. The van der Waals surface area contributed by atoms with E-state index >= 15 is 0 Å². The molecule has 0 spiro atoms. The predicted molar refractivity (Wildman–Crippen MR) is 72.1 cm³/mol. The Labute approximate surface area is 120 Å². The lowest BCUT2D eigenvalue weighted by molar-refractivity contribution is 0.289. The molecule has 0 bridgehead atoms. The fourth-order valence-electron chi connectivity index (χ4n) is 1.86. The van der Waals surface area contributed by atoms with Crippen LogP contribution < -0.4 is 4.74 Å². The van der Waals surface area contributed by atoms with Gasteiger partial charge in [0.15, 0.2) is 23.2 Å². The molecule has 2 aromatic carbocycles. The topological polar surface area (TPSA) is 9.23 Å². The predicted octanol–water partition coefficient (Wildman–Crippen LogP) is 5.09. The van der Waals surface area contributed by atoms with Gasteiger partial charge in [-0.25, -0.2) is 13.2 Å². The third-order valence-corrected chi connectivity index (χ3v) is 3.03. The Bertz CT molecular complexity index is 640. The van der Waals surface area contributed by atoms with Gasteiger partial charge < -0.3 is 4.74 Å². The van der Waals surface area contributed by atoms with Gasteiger partial charge in [0, 0.05) is 5.56 Å². The first-order chi connectivity index (χ1) is 10.0. The number of rotatable bonds is 5. The number of benzene rings is 2. The van der Waals surface area contributed by atoms with Crippen LogP contribution in [0.2, 0.25) is 0 Å². The Morgan fingerprint density at radius 1 is 0.905 bits per heavy atom. The van der Waals surface area contributed by atoms with Gasteiger partial charge in [-0.05, 0) is 36.2 Å². The highest BCUT2D eigenvalue weighted by atomic mass is 19.2. The molecule has 1 nitrogen and oxygen atoms in total. The molecule has 0 radical (unpaired) electrons. The minimum atomic E-state index is -1.14. The molecule has 2 aromatic rings. The largest absolute Gasteiger partial charge is 0.490 e. The summed E-state index contributed by atoms with van der Waals surface area (Å²) in [6, 6.07) is 5.45. The maximum absolute atomic E-state index is 14.0. The van der Waals surface area contributed by atoms with Crippen molar-refractivity contribution in [2.75, 3.05) is 6.61 Å². The summed E-state index contributed by atoms with van der Waals surface area (Å²) in [6.45, 7) is 2.24. The monoisotopic (exact) mass is 298 g/mol. The molecule has 0 saturated carbocycles. The quantitative estimate of drug-likeness (QED) is 0.552. The van der Waals surface area contributed by atoms with Crippen molar-refractivity contribution in [3.05, 3.63) is 53.6 Å². The molecular weight excluding hydrogens is 284 g/mol. The molecule has 0 aromatic heterocycles. The van der Waals surface area contributed by atoms with E-state index in [2.05, 4.69) is 0 Å². The van der Waals surface area contributed by atoms with Crippen molar-refractivity contribution in [1.82, 2.24) is 0 Å². The Hall–Kier alpha value is -2.04. The van der Waals surface area contributed by atoms with Crippen LogP contribution in [0.25, 0.3) is 11.1 Å². The van der Waals surface area contributed by atoms with Gasteiger partial charge in [-0.2, -0.15) is 4.39 Å². The van der Waals surface area contributed by atoms with Crippen LogP contribution in [0.5, 0.6) is 5.75 Å². The van der Waals surface area contributed by atoms with E-state index in [4.69, 9.17) is 4.74 Å². The first-order valence-electron chi connectivity index (χ1n) is 6.60. The summed E-state index contributed by atoms with van der Waals surface area (Å²) in [5.41, 5.74) is -0.0837. The van der Waals surface area contributed by atoms with Crippen molar-refractivity contribution in [3.8, 4) is 16.9 Å². The molecule has 5 heteroatoms. The van der Waals surface area contributed by atoms with E-state index in [0.717, 1.165) is 25.0 Å². The summed E-state index contributed by atoms with van der Waals surface area (Å²) >= 11 is 0. The van der Waals surface area contributed by atoms with Crippen LogP contribution >= 0.6 is 0 Å². The highest BCUT2D eigenvalue weighted by Crippen LogP contribution is 2.30. The number of unbranched alkanes of at least 4 members (excludes halogenated alkanes) is 1. The van der Waals surface area contributed by atoms with Gasteiger partial charge in [0.25, 0.3) is 0 Å². The Morgan fingerprint density at radius 3 is 2.33 bits per heavy atom. The van der Waals surface area contributed by atoms with Crippen LogP contribution in [0, 0.1) is 23.3 Å². The summed E-state index contributed by atoms with van der Waals surface area (Å²) < 4.78 is 59.1. The summed E-state index contributed by atoms with van der Waals surface area (Å²) in [4.78, 5) is 0. The van der Waals surface area contributed by atoms with E-state index in [9.17, 15) is 17.6 Å². The van der Waals surface area contributed by atoms with Crippen molar-refractivity contribution in [2.45, 2.75) is 19.8 Å². The fourth-order valence-corrected chi connectivity index (χ4v) is 1.86. The maximum atomic E-state index is 14.0. The van der Waals surface area contributed by atoms with Crippen molar-refractivity contribution >= 4 is 0 Å². The van der Waals surface area contributed by atoms with E-state index in [1.54, 1.807) is 0 Å². The molecule has 0 amide bonds. The number of halogens is 4. The molecule has 0 N–H and O–H groups in total. The smallest absolute Gasteiger partial charge is 0.201 e. The van der Waals surface area contributed by atoms with Gasteiger partial charge in [-0.3, -0.25) is 0 Å². The molecular formula is C16H14F4O. The number of hydrogen-bond acceptors (Lipinski definition) is 1. The lowest BCUT2D eigenvalue weighted by atomic mass is 10.0. The average Bonchev–Trinajstić information content (AvgIpc) is 2.47. The lowest BCUT2D eigenvalue weighted by Gasteiger charge is -2.10. The van der Waals surface area contributed by atoms with Crippen molar-refractivity contribution in [2.24, 2.45) is 0 Å². The van der Waals surface area contributed by atoms with E-state index in [0.29, 0.717) is 0 Å². The van der Waals surface area contributed by atoms with Gasteiger partial charge in [-0.1, -0.05) is 19.4 Å². The van der Waals surface area contributed by atoms with E-state index in [-0.39, 0.29) is 23.5 Å². The van der Waals surface area contributed by atoms with Crippen LogP contribution in [0.1, 0.15) is 19.8 Å². The van der Waals surface area contributed by atoms with Crippen LogP contribution in [0.15, 0.2) is 30.3 Å². The van der Waals surface area contributed by atoms with Crippen LogP contribution in [-0.2, 0) is 0 Å². The molecule has 21 heavy (non-hydrogen) atoms. The second-order valence-electron chi connectivity index (χ2n) is 4.57. The van der Waals surface area contributed by atoms with Crippen molar-refractivity contribution in [3.63, 3.8) is 0 Å². The van der Waals surface area contributed by atoms with Gasteiger partial charge in [0.2, 0.25) is 5.82 Å². The molecule has 0 fully saturated rings. The van der Waals surface area contributed by atoms with E-state index < -0.39 is 23.3 Å². The molecule has 0 saturated heterocycles. The first kappa shape index (κ1) is 15.4. The molecule has 112 valence electrons. The summed E-state index contributed by atoms with van der Waals surface area (Å²) in [5, 5.41) is 0. The van der Waals surface area contributed by atoms with Gasteiger partial charge >= 0.3 is 0 Å². The van der Waals surface area contributed by atoms with E-state index in [1.165, 1.54) is 18.2 Å². The Morgan fingerprint density at radius 2 is 1.67 bits per heavy atom. The molecule has 0 atom stereocenters. The zero-order chi connectivity index (χ0) is 15.4. The highest BCUT2D eigenvalue weighted by molar-refractivity contribution is 5.65. The second-order valence-corrected chi connectivity index (χ2v) is 4.57. The van der Waals surface area contributed by atoms with Crippen LogP contribution in [0.3, 0.4) is 0 Å². The summed E-state index contributed by atoms with van der Waals surface area (Å²) in [7, 11) is 0. The zero-order valence-electron chi connectivity index (χ0n) is 11.4. The highest BCUT2D eigenvalue weighted by Gasteiger charge is 2.16. The zero-order valence-corrected chi connectivity index (χ0v) is 11.4. The Balaban J connectivity index is 2.33. The van der Waals surface area contributed by atoms with Crippen molar-refractivity contribution < 1.29 is 22.3 Å². The minimum absolute atomic E-state index is 0.0606. The molecule has 2 rings (SSSR count). The SMILES string of the molecule is CCCCOc1ccc(-c2ccc(F)c(F)c2)c(F)c1F. The summed E-state index contributed by atoms with van der Waals surface area (Å²) in [5.74, 6) is -4.62. The average molecular weight is 298 g/mol. The van der Waals surface area contributed by atoms with Gasteiger partial charge in [0.05, 0.1) is 6.61 Å². The van der Waals surface area contributed by atoms with Gasteiger partial charge in [-0.15, -0.1) is 0 Å². The van der Waals surface area contributed by atoms with Gasteiger partial charge in [0.1, 0.15) is 0 Å². The molecule has 0 aliphatic rings. The molecule has 0 unspecified atom stereocenters. The molecule has 0 heterocycles. The Kier molecular flexibility index (Phi) is 4.83. The molecule has 0 aliphatic carbocycles. The van der Waals surface area contributed by atoms with Crippen molar-refractivity contribution in [1.29, 1.82) is 0 Å². The number of hydrogen-bond donors (Lipinski definition) is 0.